The van der Waals surface area contributed by atoms with Gasteiger partial charge in [0.25, 0.3) is 0 Å². The molecule has 3 aliphatic heterocycles. The molecule has 0 amide bonds. The Morgan fingerprint density at radius 3 is 2.07 bits per heavy atom. The molecule has 17 atom stereocenters. The predicted molar refractivity (Wildman–Crippen MR) is 208 cm³/mol. The second-order valence-electron chi connectivity index (χ2n) is 17.5. The fraction of sp³-hybridized carbons (Fsp3) is 0.833. The number of carbonyl (C=O) groups is 1. The molecule has 3 fully saturated rings. The van der Waals surface area contributed by atoms with Gasteiger partial charge in [-0.25, -0.2) is 0 Å². The lowest BCUT2D eigenvalue weighted by Gasteiger charge is -2.49. The molecule has 0 radical (unpaired) electrons. The van der Waals surface area contributed by atoms with E-state index < -0.39 is 84.3 Å². The molecule has 55 heavy (non-hydrogen) atoms. The van der Waals surface area contributed by atoms with Crippen LogP contribution in [0.1, 0.15) is 86.3 Å². The molecule has 1 aromatic carbocycles. The smallest absolute Gasteiger partial charge is 0.311 e. The quantitative estimate of drug-likeness (QED) is 0.327. The molecule has 3 aliphatic rings. The fourth-order valence-corrected chi connectivity index (χ4v) is 9.12. The summed E-state index contributed by atoms with van der Waals surface area (Å²) in [6.07, 6.45) is -6.48. The van der Waals surface area contributed by atoms with Gasteiger partial charge in [0.05, 0.1) is 47.6 Å². The molecule has 0 spiro atoms. The summed E-state index contributed by atoms with van der Waals surface area (Å²) in [5.74, 6) is -2.31. The molecular formula is C42H72N2O11. The van der Waals surface area contributed by atoms with Crippen LogP contribution in [-0.4, -0.2) is 152 Å². The number of nitrogens with zero attached hydrogens (tertiary/aromatic N) is 2. The zero-order valence-corrected chi connectivity index (χ0v) is 35.6. The van der Waals surface area contributed by atoms with Gasteiger partial charge >= 0.3 is 5.97 Å². The molecular weight excluding hydrogens is 708 g/mol. The Kier molecular flexibility index (Phi) is 16.2. The van der Waals surface area contributed by atoms with Crippen LogP contribution in [-0.2, 0) is 38.0 Å². The third-order valence-corrected chi connectivity index (χ3v) is 12.7. The lowest BCUT2D eigenvalue weighted by Crippen LogP contribution is -2.61. The Labute approximate surface area is 329 Å². The van der Waals surface area contributed by atoms with Crippen LogP contribution in [0.3, 0.4) is 0 Å². The van der Waals surface area contributed by atoms with Gasteiger partial charge in [-0.3, -0.25) is 4.79 Å². The molecule has 0 aromatic heterocycles. The van der Waals surface area contributed by atoms with Crippen molar-refractivity contribution in [1.82, 2.24) is 9.80 Å². The van der Waals surface area contributed by atoms with Crippen LogP contribution in [0.4, 0.5) is 0 Å². The molecule has 316 valence electrons. The van der Waals surface area contributed by atoms with Crippen LogP contribution in [0.2, 0.25) is 0 Å². The van der Waals surface area contributed by atoms with Crippen LogP contribution in [0.25, 0.3) is 0 Å². The van der Waals surface area contributed by atoms with Crippen molar-refractivity contribution in [2.45, 2.75) is 153 Å². The summed E-state index contributed by atoms with van der Waals surface area (Å²) in [7, 11) is 8.98. The van der Waals surface area contributed by atoms with E-state index in [-0.39, 0.29) is 30.4 Å². The van der Waals surface area contributed by atoms with Gasteiger partial charge in [-0.05, 0) is 86.0 Å². The number of ether oxygens (including phenoxy) is 7. The molecule has 1 aromatic rings. The first-order chi connectivity index (χ1) is 25.7. The maximum Gasteiger partial charge on any atom is 0.311 e. The van der Waals surface area contributed by atoms with E-state index in [1.54, 1.807) is 28.1 Å². The van der Waals surface area contributed by atoms with Gasteiger partial charge in [0.2, 0.25) is 0 Å². The molecule has 0 unspecified atom stereocenters. The lowest BCUT2D eigenvalue weighted by molar-refractivity contribution is -0.319. The highest BCUT2D eigenvalue weighted by molar-refractivity contribution is 5.73. The van der Waals surface area contributed by atoms with Crippen molar-refractivity contribution in [2.75, 3.05) is 48.5 Å². The highest BCUT2D eigenvalue weighted by atomic mass is 16.7. The molecule has 3 saturated heterocycles. The zero-order valence-electron chi connectivity index (χ0n) is 35.6. The van der Waals surface area contributed by atoms with E-state index in [0.29, 0.717) is 25.9 Å². The van der Waals surface area contributed by atoms with Gasteiger partial charge in [0.1, 0.15) is 18.3 Å². The summed E-state index contributed by atoms with van der Waals surface area (Å²) in [4.78, 5) is 18.6. The maximum atomic E-state index is 14.5. The van der Waals surface area contributed by atoms with Crippen LogP contribution >= 0.6 is 0 Å². The number of carbonyl (C=O) groups excluding carboxylic acids is 1. The largest absolute Gasteiger partial charge is 0.456 e. The Bertz CT molecular complexity index is 1340. The van der Waals surface area contributed by atoms with E-state index in [9.17, 15) is 20.1 Å². The average Bonchev–Trinajstić information content (AvgIpc) is 3.14. The minimum absolute atomic E-state index is 0.133. The van der Waals surface area contributed by atoms with Crippen molar-refractivity contribution < 1.29 is 53.3 Å². The van der Waals surface area contributed by atoms with E-state index >= 15 is 0 Å². The van der Waals surface area contributed by atoms with E-state index in [0.717, 1.165) is 5.56 Å². The molecule has 3 N–H and O–H groups in total. The van der Waals surface area contributed by atoms with Crippen molar-refractivity contribution in [3.05, 3.63) is 35.9 Å². The van der Waals surface area contributed by atoms with Crippen LogP contribution in [0, 0.1) is 23.7 Å². The van der Waals surface area contributed by atoms with Gasteiger partial charge in [-0.15, -0.1) is 0 Å². The van der Waals surface area contributed by atoms with Gasteiger partial charge in [0, 0.05) is 45.7 Å². The molecule has 0 bridgehead atoms. The number of methoxy groups -OCH3 is 2. The molecule has 13 nitrogen and oxygen atoms in total. The van der Waals surface area contributed by atoms with Crippen molar-refractivity contribution in [3.63, 3.8) is 0 Å². The number of likely N-dealkylation sites (N-methyl/N-ethyl adjacent to an activating group) is 2. The molecule has 3 heterocycles. The summed E-state index contributed by atoms with van der Waals surface area (Å²) in [6, 6.07) is 9.42. The Morgan fingerprint density at radius 2 is 1.47 bits per heavy atom. The summed E-state index contributed by atoms with van der Waals surface area (Å²) in [6.45, 7) is 16.2. The molecule has 0 saturated carbocycles. The second kappa shape index (κ2) is 19.3. The topological polar surface area (TPSA) is 149 Å². The second-order valence-corrected chi connectivity index (χ2v) is 17.5. The lowest BCUT2D eigenvalue weighted by atomic mass is 9.75. The van der Waals surface area contributed by atoms with Crippen molar-refractivity contribution in [3.8, 4) is 0 Å². The average molecular weight is 781 g/mol. The van der Waals surface area contributed by atoms with Crippen molar-refractivity contribution in [1.29, 1.82) is 0 Å². The summed E-state index contributed by atoms with van der Waals surface area (Å²) >= 11 is 0. The standard InChI is InChI=1S/C42H72N2O11/c1-24-20-42(8,50-13)38(55-40-35(46)31(43(9)10)19-26(3)51-40)27(4)36(54-33-21-41(7,49-12)37(47)29(6)52-33)28(5)39(48)53-32(30-17-15-14-16-18-30)23-44(11)22-25(2)34(24)45/h14-18,24-29,31-38,40,45-47H,19-23H2,1-13H3/t24-,25-,26-,27+,28-,29+,31+,32-,33+,34+,35-,36+,37+,38-,40+,41-,42-/m1/s1. The number of hydrogen-bond acceptors (Lipinski definition) is 13. The number of aliphatic hydroxyl groups excluding tert-OH is 3. The number of cyclic esters (lactones) is 1. The van der Waals surface area contributed by atoms with Gasteiger partial charge < -0.3 is 58.3 Å². The van der Waals surface area contributed by atoms with E-state index in [1.807, 2.05) is 97.9 Å². The SMILES string of the molecule is CO[C@]1(C)C[C@@H](C)[C@H](O)[C@H](C)CN(C)C[C@H](c2ccccc2)OC(=O)[C@H](C)[C@@H](O[C@H]2C[C@@](C)(OC)[C@@H](O)[C@H](C)O2)[C@H](C)[C@H]1O[C@@H]1O[C@H](C)C[C@H](N(C)C)[C@H]1O. The number of esters is 1. The van der Waals surface area contributed by atoms with E-state index in [4.69, 9.17) is 33.2 Å². The number of hydrogen-bond donors (Lipinski definition) is 3. The highest BCUT2D eigenvalue weighted by Crippen LogP contribution is 2.41. The minimum atomic E-state index is -1.07. The van der Waals surface area contributed by atoms with Crippen molar-refractivity contribution >= 4 is 5.97 Å². The van der Waals surface area contributed by atoms with Crippen LogP contribution in [0.5, 0.6) is 0 Å². The maximum absolute atomic E-state index is 14.5. The zero-order chi connectivity index (χ0) is 41.0. The number of benzene rings is 1. The first-order valence-electron chi connectivity index (χ1n) is 20.1. The van der Waals surface area contributed by atoms with Crippen LogP contribution < -0.4 is 0 Å². The third kappa shape index (κ3) is 10.9. The summed E-state index contributed by atoms with van der Waals surface area (Å²) in [5.41, 5.74) is -1.20. The summed E-state index contributed by atoms with van der Waals surface area (Å²) < 4.78 is 45.1. The Balaban J connectivity index is 1.85. The van der Waals surface area contributed by atoms with Gasteiger partial charge in [-0.1, -0.05) is 51.1 Å². The monoisotopic (exact) mass is 781 g/mol. The van der Waals surface area contributed by atoms with E-state index in [2.05, 4.69) is 4.90 Å². The minimum Gasteiger partial charge on any atom is -0.456 e. The highest BCUT2D eigenvalue weighted by Gasteiger charge is 2.52. The molecule has 13 heteroatoms. The molecule has 4 rings (SSSR count). The fourth-order valence-electron chi connectivity index (χ4n) is 9.12. The third-order valence-electron chi connectivity index (χ3n) is 12.7. The first kappa shape index (κ1) is 45.9. The summed E-state index contributed by atoms with van der Waals surface area (Å²) in [5, 5.41) is 34.5. The predicted octanol–water partition coefficient (Wildman–Crippen LogP) is 4.01. The Morgan fingerprint density at radius 1 is 0.836 bits per heavy atom. The normalized spacial score (nSPS) is 44.7. The molecule has 0 aliphatic carbocycles. The van der Waals surface area contributed by atoms with Crippen molar-refractivity contribution in [2.24, 2.45) is 23.7 Å². The Hall–Kier alpha value is -1.75. The number of aliphatic hydroxyl groups is 3. The van der Waals surface area contributed by atoms with Crippen LogP contribution in [0.15, 0.2) is 30.3 Å². The van der Waals surface area contributed by atoms with Gasteiger partial charge in [-0.2, -0.15) is 0 Å². The van der Waals surface area contributed by atoms with E-state index in [1.165, 1.54) is 0 Å². The van der Waals surface area contributed by atoms with Gasteiger partial charge in [0.15, 0.2) is 12.6 Å². The first-order valence-corrected chi connectivity index (χ1v) is 20.1. The number of rotatable bonds is 8.